The van der Waals surface area contributed by atoms with Crippen LogP contribution in [0.1, 0.15) is 40.2 Å². The van der Waals surface area contributed by atoms with E-state index in [4.69, 9.17) is 0 Å². The van der Waals surface area contributed by atoms with Crippen molar-refractivity contribution in [1.29, 1.82) is 0 Å². The number of hydrogen-bond acceptors (Lipinski definition) is 2. The average molecular weight is 278 g/mol. The van der Waals surface area contributed by atoms with E-state index >= 15 is 0 Å². The van der Waals surface area contributed by atoms with Gasteiger partial charge in [-0.2, -0.15) is 0 Å². The van der Waals surface area contributed by atoms with E-state index in [0.29, 0.717) is 6.54 Å². The predicted molar refractivity (Wildman–Crippen MR) is 81.4 cm³/mol. The summed E-state index contributed by atoms with van der Waals surface area (Å²) < 4.78 is 0. The minimum Gasteiger partial charge on any atom is -0.389 e. The van der Waals surface area contributed by atoms with Gasteiger partial charge in [0.15, 0.2) is 0 Å². The second kappa shape index (κ2) is 6.27. The van der Waals surface area contributed by atoms with E-state index in [9.17, 15) is 9.90 Å². The second-order valence-electron chi connectivity index (χ2n) is 6.83. The third-order valence-corrected chi connectivity index (χ3v) is 2.56. The van der Waals surface area contributed by atoms with Crippen LogP contribution >= 0.6 is 0 Å². The van der Waals surface area contributed by atoms with Crippen molar-refractivity contribution < 1.29 is 9.90 Å². The first kappa shape index (κ1) is 16.5. The zero-order valence-electron chi connectivity index (χ0n) is 13.1. The second-order valence-corrected chi connectivity index (χ2v) is 6.83. The summed E-state index contributed by atoms with van der Waals surface area (Å²) >= 11 is 0. The highest BCUT2D eigenvalue weighted by Gasteiger charge is 2.25. The van der Waals surface area contributed by atoms with Gasteiger partial charge >= 0.3 is 6.03 Å². The number of urea groups is 1. The molecule has 0 atom stereocenters. The number of hydrogen-bond donors (Lipinski definition) is 2. The summed E-state index contributed by atoms with van der Waals surface area (Å²) in [5, 5.41) is 12.9. The molecular formula is C16H26N2O2. The Hall–Kier alpha value is -1.55. The lowest BCUT2D eigenvalue weighted by Crippen LogP contribution is -2.51. The highest BCUT2D eigenvalue weighted by molar-refractivity contribution is 5.75. The third kappa shape index (κ3) is 6.57. The monoisotopic (exact) mass is 278 g/mol. The van der Waals surface area contributed by atoms with Crippen LogP contribution in [0.5, 0.6) is 0 Å². The summed E-state index contributed by atoms with van der Waals surface area (Å²) in [7, 11) is 0. The molecule has 0 radical (unpaired) electrons. The maximum absolute atomic E-state index is 12.3. The molecule has 4 heteroatoms. The Morgan fingerprint density at radius 3 is 2.15 bits per heavy atom. The van der Waals surface area contributed by atoms with Gasteiger partial charge in [0.25, 0.3) is 0 Å². The van der Waals surface area contributed by atoms with Crippen LogP contribution in [-0.2, 0) is 6.54 Å². The van der Waals surface area contributed by atoms with Crippen molar-refractivity contribution in [2.75, 3.05) is 6.54 Å². The van der Waals surface area contributed by atoms with Crippen molar-refractivity contribution >= 4 is 6.03 Å². The Bertz CT molecular complexity index is 430. The quantitative estimate of drug-likeness (QED) is 0.890. The molecule has 0 aliphatic carbocycles. The van der Waals surface area contributed by atoms with Gasteiger partial charge in [0.2, 0.25) is 0 Å². The normalized spacial score (nSPS) is 12.1. The maximum Gasteiger partial charge on any atom is 0.318 e. The van der Waals surface area contributed by atoms with E-state index in [2.05, 4.69) is 5.32 Å². The smallest absolute Gasteiger partial charge is 0.318 e. The minimum atomic E-state index is -0.927. The number of benzene rings is 1. The van der Waals surface area contributed by atoms with Gasteiger partial charge in [0, 0.05) is 12.1 Å². The van der Waals surface area contributed by atoms with Crippen molar-refractivity contribution in [2.45, 2.75) is 52.3 Å². The summed E-state index contributed by atoms with van der Waals surface area (Å²) in [5.74, 6) is 0. The fourth-order valence-corrected chi connectivity index (χ4v) is 1.87. The molecule has 0 saturated carbocycles. The maximum atomic E-state index is 12.3. The van der Waals surface area contributed by atoms with E-state index < -0.39 is 5.60 Å². The van der Waals surface area contributed by atoms with Gasteiger partial charge in [0.05, 0.1) is 12.1 Å². The molecule has 0 aliphatic heterocycles. The van der Waals surface area contributed by atoms with E-state index in [-0.39, 0.29) is 18.1 Å². The van der Waals surface area contributed by atoms with E-state index in [0.717, 1.165) is 5.56 Å². The van der Waals surface area contributed by atoms with Gasteiger partial charge in [-0.25, -0.2) is 4.79 Å². The molecule has 4 nitrogen and oxygen atoms in total. The van der Waals surface area contributed by atoms with Crippen LogP contribution in [0, 0.1) is 0 Å². The lowest BCUT2D eigenvalue weighted by atomic mass is 10.1. The van der Waals surface area contributed by atoms with Crippen LogP contribution in [0.3, 0.4) is 0 Å². The molecule has 2 amide bonds. The van der Waals surface area contributed by atoms with Crippen LogP contribution in [0.2, 0.25) is 0 Å². The largest absolute Gasteiger partial charge is 0.389 e. The van der Waals surface area contributed by atoms with Crippen LogP contribution in [-0.4, -0.2) is 33.7 Å². The summed E-state index contributed by atoms with van der Waals surface area (Å²) in [4.78, 5) is 14.0. The Balaban J connectivity index is 2.83. The Morgan fingerprint density at radius 1 is 1.15 bits per heavy atom. The van der Waals surface area contributed by atoms with Crippen LogP contribution in [0.4, 0.5) is 4.79 Å². The zero-order chi connectivity index (χ0) is 15.4. The molecule has 0 fully saturated rings. The molecule has 112 valence electrons. The van der Waals surface area contributed by atoms with Gasteiger partial charge in [-0.1, -0.05) is 30.3 Å². The highest BCUT2D eigenvalue weighted by Crippen LogP contribution is 2.12. The van der Waals surface area contributed by atoms with Crippen molar-refractivity contribution in [3.63, 3.8) is 0 Å². The number of nitrogens with zero attached hydrogens (tertiary/aromatic N) is 1. The van der Waals surface area contributed by atoms with Gasteiger partial charge in [0.1, 0.15) is 0 Å². The number of amides is 2. The van der Waals surface area contributed by atoms with Gasteiger partial charge < -0.3 is 15.3 Å². The van der Waals surface area contributed by atoms with E-state index in [1.54, 1.807) is 18.7 Å². The van der Waals surface area contributed by atoms with E-state index in [1.165, 1.54) is 0 Å². The Morgan fingerprint density at radius 2 is 1.70 bits per heavy atom. The topological polar surface area (TPSA) is 52.6 Å². The lowest BCUT2D eigenvalue weighted by Gasteiger charge is -2.32. The first-order valence-electron chi connectivity index (χ1n) is 6.90. The van der Waals surface area contributed by atoms with Crippen LogP contribution in [0.15, 0.2) is 30.3 Å². The third-order valence-electron chi connectivity index (χ3n) is 2.56. The molecule has 0 aromatic heterocycles. The van der Waals surface area contributed by atoms with Crippen molar-refractivity contribution in [2.24, 2.45) is 0 Å². The summed E-state index contributed by atoms with van der Waals surface area (Å²) in [5.41, 5.74) is -0.184. The molecule has 0 spiro atoms. The average Bonchev–Trinajstić information content (AvgIpc) is 2.25. The minimum absolute atomic E-state index is 0.163. The van der Waals surface area contributed by atoms with Gasteiger partial charge in [-0.05, 0) is 40.2 Å². The molecule has 0 bridgehead atoms. The Labute approximate surface area is 121 Å². The number of carbonyl (C=O) groups is 1. The van der Waals surface area contributed by atoms with Crippen LogP contribution in [0.25, 0.3) is 0 Å². The molecule has 0 aliphatic rings. The first-order valence-corrected chi connectivity index (χ1v) is 6.90. The fourth-order valence-electron chi connectivity index (χ4n) is 1.87. The standard InChI is InChI=1S/C16H26N2O2/c1-15(2,3)17-14(19)18(12-16(4,5)20)11-13-9-7-6-8-10-13/h6-10,20H,11-12H2,1-5H3,(H,17,19). The highest BCUT2D eigenvalue weighted by atomic mass is 16.3. The first-order chi connectivity index (χ1) is 9.07. The summed E-state index contributed by atoms with van der Waals surface area (Å²) in [6.45, 7) is 9.99. The zero-order valence-corrected chi connectivity index (χ0v) is 13.1. The summed E-state index contributed by atoms with van der Waals surface area (Å²) in [6, 6.07) is 9.62. The van der Waals surface area contributed by atoms with Crippen LogP contribution < -0.4 is 5.32 Å². The SMILES string of the molecule is CC(C)(O)CN(Cc1ccccc1)C(=O)NC(C)(C)C. The number of rotatable bonds is 4. The lowest BCUT2D eigenvalue weighted by molar-refractivity contribution is 0.0436. The van der Waals surface area contributed by atoms with Crippen molar-refractivity contribution in [3.8, 4) is 0 Å². The van der Waals surface area contributed by atoms with Gasteiger partial charge in [-0.15, -0.1) is 0 Å². The Kier molecular flexibility index (Phi) is 5.17. The molecule has 1 rings (SSSR count). The molecule has 0 heterocycles. The fraction of sp³-hybridized carbons (Fsp3) is 0.562. The van der Waals surface area contributed by atoms with E-state index in [1.807, 2.05) is 51.1 Å². The van der Waals surface area contributed by atoms with Gasteiger partial charge in [-0.3, -0.25) is 0 Å². The van der Waals surface area contributed by atoms with Crippen molar-refractivity contribution in [1.82, 2.24) is 10.2 Å². The molecule has 20 heavy (non-hydrogen) atoms. The number of carbonyl (C=O) groups excluding carboxylic acids is 1. The molecule has 1 aromatic rings. The number of nitrogens with one attached hydrogen (secondary N) is 1. The predicted octanol–water partition coefficient (Wildman–Crippen LogP) is 2.77. The molecule has 2 N–H and O–H groups in total. The summed E-state index contributed by atoms with van der Waals surface area (Å²) in [6.07, 6.45) is 0. The number of aliphatic hydroxyl groups is 1. The molecule has 0 saturated heterocycles. The molecule has 1 aromatic carbocycles. The molecule has 0 unspecified atom stereocenters. The van der Waals surface area contributed by atoms with Crippen molar-refractivity contribution in [3.05, 3.63) is 35.9 Å². The molecular weight excluding hydrogens is 252 g/mol.